The van der Waals surface area contributed by atoms with Crippen LogP contribution in [0.3, 0.4) is 0 Å². The van der Waals surface area contributed by atoms with Crippen LogP contribution in [0.2, 0.25) is 0 Å². The number of hydrogen-bond donors (Lipinski definition) is 5. The number of rotatable bonds is 7. The molecule has 2 saturated heterocycles. The molecule has 19 heteroatoms. The third kappa shape index (κ3) is 14.0. The number of nitriles is 1. The van der Waals surface area contributed by atoms with Gasteiger partial charge in [-0.1, -0.05) is 0 Å². The Morgan fingerprint density at radius 2 is 1.56 bits per heavy atom. The Kier molecular flexibility index (Phi) is 13.7. The minimum Gasteiger partial charge on any atom is -0.615 e. The fourth-order valence-electron chi connectivity index (χ4n) is 3.48. The molecule has 2 aliphatic heterocycles. The maximum atomic E-state index is 12.0. The first-order valence-electron chi connectivity index (χ1n) is 11.6. The summed E-state index contributed by atoms with van der Waals surface area (Å²) in [5.41, 5.74) is 0. The molecular weight excluding hydrogens is 566 g/mol. The molecule has 3 atom stereocenters. The molecule has 0 spiro atoms. The van der Waals surface area contributed by atoms with Gasteiger partial charge in [0.25, 0.3) is 0 Å². The second-order valence-corrected chi connectivity index (χ2v) is 10.5. The van der Waals surface area contributed by atoms with Crippen LogP contribution < -0.4 is 16.5 Å². The van der Waals surface area contributed by atoms with E-state index in [2.05, 4.69) is 21.6 Å². The monoisotopic (exact) mass is 596 g/mol. The van der Waals surface area contributed by atoms with Crippen LogP contribution in [-0.4, -0.2) is 110 Å². The highest BCUT2D eigenvalue weighted by molar-refractivity contribution is 7.92. The first-order valence-corrected chi connectivity index (χ1v) is 13.0. The van der Waals surface area contributed by atoms with Crippen molar-refractivity contribution in [1.29, 1.82) is 5.26 Å². The van der Waals surface area contributed by atoms with Crippen LogP contribution in [0.1, 0.15) is 32.1 Å². The zero-order chi connectivity index (χ0) is 30.0. The molecule has 224 valence electrons. The molecule has 12 nitrogen and oxygen atoms in total. The summed E-state index contributed by atoms with van der Waals surface area (Å²) in [6.07, 6.45) is -5.37. The van der Waals surface area contributed by atoms with E-state index in [-0.39, 0.29) is 17.3 Å². The quantitative estimate of drug-likeness (QED) is 0.116. The zero-order valence-corrected chi connectivity index (χ0v) is 21.3. The van der Waals surface area contributed by atoms with Crippen molar-refractivity contribution >= 4 is 29.0 Å². The Morgan fingerprint density at radius 3 is 1.95 bits per heavy atom. The van der Waals surface area contributed by atoms with Crippen molar-refractivity contribution in [2.24, 2.45) is 5.84 Å². The molecule has 0 aromatic rings. The molecule has 0 bridgehead atoms. The van der Waals surface area contributed by atoms with E-state index in [1.165, 1.54) is 0 Å². The van der Waals surface area contributed by atoms with Gasteiger partial charge in [0.05, 0.1) is 12.6 Å². The van der Waals surface area contributed by atoms with Crippen molar-refractivity contribution in [2.75, 3.05) is 31.9 Å². The highest BCUT2D eigenvalue weighted by Crippen LogP contribution is 2.20. The van der Waals surface area contributed by atoms with Gasteiger partial charge in [-0.15, -0.1) is 0 Å². The smallest absolute Gasteiger partial charge is 0.490 e. The van der Waals surface area contributed by atoms with Crippen molar-refractivity contribution in [3.63, 3.8) is 0 Å². The lowest BCUT2D eigenvalue weighted by molar-refractivity contribution is -0.193. The molecular formula is C20H30F6N6O6S. The maximum absolute atomic E-state index is 12.0. The number of alkyl halides is 6. The molecule has 1 aliphatic carbocycles. The molecule has 1 amide bonds. The molecule has 2 heterocycles. The fourth-order valence-corrected chi connectivity index (χ4v) is 4.90. The third-order valence-electron chi connectivity index (χ3n) is 5.66. The molecule has 6 N–H and O–H groups in total. The Morgan fingerprint density at radius 1 is 1.08 bits per heavy atom. The first-order chi connectivity index (χ1) is 17.9. The van der Waals surface area contributed by atoms with Crippen LogP contribution in [0.4, 0.5) is 26.3 Å². The minimum absolute atomic E-state index is 0.132. The second-order valence-electron chi connectivity index (χ2n) is 8.87. The van der Waals surface area contributed by atoms with Crippen molar-refractivity contribution in [3.05, 3.63) is 0 Å². The third-order valence-corrected chi connectivity index (χ3v) is 7.33. The van der Waals surface area contributed by atoms with Gasteiger partial charge in [0.1, 0.15) is 11.8 Å². The summed E-state index contributed by atoms with van der Waals surface area (Å²) in [5.74, 6) is 1.23. The van der Waals surface area contributed by atoms with Gasteiger partial charge in [0.15, 0.2) is 5.37 Å². The standard InChI is InChI=1S/C16H28N6O2S.2C2HF3O2/c17-9-13-11-25(24)16(20-13)5-8-22(18)14-3-6-21(7-4-14)10-15(23)19-12-1-2-12;2*3-2(4,5)1(6)7/h12-14,16,20H,1-8,10-11,18H2,(H,19,23);2*(H,6,7). The number of aliphatic carboxylic acids is 2. The average Bonchev–Trinajstić information content (AvgIpc) is 3.56. The van der Waals surface area contributed by atoms with Gasteiger partial charge in [-0.3, -0.25) is 20.9 Å². The number of nitrogens with zero attached hydrogens (tertiary/aromatic N) is 3. The van der Waals surface area contributed by atoms with Crippen LogP contribution in [0, 0.1) is 11.3 Å². The van der Waals surface area contributed by atoms with Gasteiger partial charge in [-0.25, -0.2) is 14.6 Å². The predicted octanol–water partition coefficient (Wildman–Crippen LogP) is 0.132. The Balaban J connectivity index is 0.000000449. The van der Waals surface area contributed by atoms with E-state index in [0.717, 1.165) is 38.8 Å². The molecule has 0 aromatic carbocycles. The van der Waals surface area contributed by atoms with Gasteiger partial charge in [0.2, 0.25) is 5.91 Å². The molecule has 0 aromatic heterocycles. The summed E-state index contributed by atoms with van der Waals surface area (Å²) in [5, 5.41) is 31.0. The number of carboxylic acid groups (broad SMARTS) is 2. The molecule has 0 radical (unpaired) electrons. The zero-order valence-electron chi connectivity index (χ0n) is 20.5. The van der Waals surface area contributed by atoms with Gasteiger partial charge in [-0.2, -0.15) is 31.6 Å². The van der Waals surface area contributed by atoms with E-state index < -0.39 is 35.5 Å². The van der Waals surface area contributed by atoms with E-state index in [4.69, 9.17) is 30.9 Å². The average molecular weight is 597 g/mol. The second kappa shape index (κ2) is 15.4. The number of nitrogens with two attached hydrogens (primary N) is 1. The Bertz CT molecular complexity index is 840. The lowest BCUT2D eigenvalue weighted by atomic mass is 10.0. The lowest BCUT2D eigenvalue weighted by Gasteiger charge is -2.36. The van der Waals surface area contributed by atoms with E-state index in [1.54, 1.807) is 0 Å². The van der Waals surface area contributed by atoms with E-state index in [9.17, 15) is 35.7 Å². The van der Waals surface area contributed by atoms with E-state index in [0.29, 0.717) is 37.3 Å². The molecule has 3 rings (SSSR count). The number of carbonyl (C=O) groups excluding carboxylic acids is 1. The number of hydrogen-bond acceptors (Lipinski definition) is 9. The van der Waals surface area contributed by atoms with Crippen LogP contribution in [-0.2, 0) is 25.6 Å². The maximum Gasteiger partial charge on any atom is 0.490 e. The van der Waals surface area contributed by atoms with Gasteiger partial charge in [-0.05, 0) is 36.9 Å². The van der Waals surface area contributed by atoms with Crippen molar-refractivity contribution in [2.45, 2.75) is 68.0 Å². The summed E-state index contributed by atoms with van der Waals surface area (Å²) in [6, 6.07) is 2.53. The van der Waals surface area contributed by atoms with E-state index in [1.807, 2.05) is 5.01 Å². The number of carboxylic acids is 2. The van der Waals surface area contributed by atoms with Crippen LogP contribution in [0.5, 0.6) is 0 Å². The highest BCUT2D eigenvalue weighted by atomic mass is 32.2. The van der Waals surface area contributed by atoms with Crippen molar-refractivity contribution in [1.82, 2.24) is 20.5 Å². The number of piperidine rings is 1. The number of likely N-dealkylation sites (tertiary alicyclic amines) is 1. The largest absolute Gasteiger partial charge is 0.615 e. The first kappa shape index (κ1) is 34.7. The number of amides is 1. The molecule has 3 fully saturated rings. The fraction of sp³-hybridized carbons (Fsp3) is 0.800. The summed E-state index contributed by atoms with van der Waals surface area (Å²) in [4.78, 5) is 31.8. The molecule has 3 unspecified atom stereocenters. The summed E-state index contributed by atoms with van der Waals surface area (Å²) >= 11 is -0.993. The SMILES string of the molecule is N#CC1C[S+]([O-])C(CCN(N)C2CCN(CC(=O)NC3CC3)CC2)N1.O=C(O)C(F)(F)F.O=C(O)C(F)(F)F. The summed E-state index contributed by atoms with van der Waals surface area (Å²) in [6.45, 7) is 2.89. The Hall–Kier alpha value is -2.37. The van der Waals surface area contributed by atoms with Crippen molar-refractivity contribution in [3.8, 4) is 6.07 Å². The highest BCUT2D eigenvalue weighted by Gasteiger charge is 2.39. The Labute approximate surface area is 222 Å². The summed E-state index contributed by atoms with van der Waals surface area (Å²) in [7, 11) is 0. The van der Waals surface area contributed by atoms with Gasteiger partial charge >= 0.3 is 24.3 Å². The topological polar surface area (TPSA) is 195 Å². The number of hydrazine groups is 1. The van der Waals surface area contributed by atoms with Crippen LogP contribution in [0.15, 0.2) is 0 Å². The van der Waals surface area contributed by atoms with Crippen molar-refractivity contribution < 1.29 is 55.5 Å². The minimum atomic E-state index is -5.08. The lowest BCUT2D eigenvalue weighted by Crippen LogP contribution is -2.51. The molecule has 39 heavy (non-hydrogen) atoms. The number of halogens is 6. The molecule has 3 aliphatic rings. The number of nitrogens with one attached hydrogen (secondary N) is 2. The predicted molar refractivity (Wildman–Crippen MR) is 123 cm³/mol. The molecule has 1 saturated carbocycles. The summed E-state index contributed by atoms with van der Waals surface area (Å²) < 4.78 is 75.4. The normalized spacial score (nSPS) is 24.1. The van der Waals surface area contributed by atoms with Gasteiger partial charge in [0, 0.05) is 38.1 Å². The number of carbonyl (C=O) groups is 3. The van der Waals surface area contributed by atoms with E-state index >= 15 is 0 Å². The van der Waals surface area contributed by atoms with Gasteiger partial charge < -0.3 is 20.1 Å². The van der Waals surface area contributed by atoms with Crippen LogP contribution in [0.25, 0.3) is 0 Å². The van der Waals surface area contributed by atoms with Crippen LogP contribution >= 0.6 is 0 Å².